The van der Waals surface area contributed by atoms with Crippen LogP contribution >= 0.6 is 0 Å². The van der Waals surface area contributed by atoms with Gasteiger partial charge in [-0.25, -0.2) is 4.79 Å². The molecule has 3 heteroatoms. The van der Waals surface area contributed by atoms with E-state index in [0.29, 0.717) is 12.1 Å². The molecule has 2 fully saturated rings. The molecule has 1 atom stereocenters. The van der Waals surface area contributed by atoms with Gasteiger partial charge in [0.05, 0.1) is 6.04 Å². The lowest BCUT2D eigenvalue weighted by Gasteiger charge is -2.30. The van der Waals surface area contributed by atoms with Crippen molar-refractivity contribution >= 4 is 6.03 Å². The highest BCUT2D eigenvalue weighted by atomic mass is 16.2. The number of carbonyl (C=O) groups is 1. The third-order valence-corrected chi connectivity index (χ3v) is 3.31. The molecule has 2 amide bonds. The van der Waals surface area contributed by atoms with E-state index >= 15 is 0 Å². The molecule has 0 aromatic heterocycles. The Hall–Kier alpha value is -0.730. The summed E-state index contributed by atoms with van der Waals surface area (Å²) in [6.07, 6.45) is 3.95. The summed E-state index contributed by atoms with van der Waals surface area (Å²) in [6.45, 7) is 5.06. The van der Waals surface area contributed by atoms with Crippen molar-refractivity contribution in [3.8, 4) is 0 Å². The first-order chi connectivity index (χ1) is 6.18. The maximum Gasteiger partial charge on any atom is 0.317 e. The van der Waals surface area contributed by atoms with E-state index < -0.39 is 0 Å². The second-order valence-corrected chi connectivity index (χ2v) is 4.49. The zero-order chi connectivity index (χ0) is 9.42. The quantitative estimate of drug-likeness (QED) is 0.691. The monoisotopic (exact) mass is 182 g/mol. The van der Waals surface area contributed by atoms with Crippen LogP contribution in [0.4, 0.5) is 4.79 Å². The van der Waals surface area contributed by atoms with Gasteiger partial charge in [-0.05, 0) is 32.6 Å². The van der Waals surface area contributed by atoms with Gasteiger partial charge in [0, 0.05) is 12.6 Å². The number of rotatable bonds is 2. The predicted molar refractivity (Wildman–Crippen MR) is 51.5 cm³/mol. The fourth-order valence-corrected chi connectivity index (χ4v) is 2.14. The number of hydrogen-bond donors (Lipinski definition) is 1. The summed E-state index contributed by atoms with van der Waals surface area (Å²) in [5.41, 5.74) is 0. The molecular formula is C10H18N2O. The van der Waals surface area contributed by atoms with Crippen molar-refractivity contribution in [3.63, 3.8) is 0 Å². The summed E-state index contributed by atoms with van der Waals surface area (Å²) < 4.78 is 0. The van der Waals surface area contributed by atoms with Gasteiger partial charge >= 0.3 is 6.03 Å². The van der Waals surface area contributed by atoms with Crippen LogP contribution in [0.15, 0.2) is 0 Å². The minimum absolute atomic E-state index is 0.131. The SMILES string of the molecule is CC(C)N1CC(C2CCC2)NC1=O. The average molecular weight is 182 g/mol. The van der Waals surface area contributed by atoms with E-state index in [2.05, 4.69) is 19.2 Å². The smallest absolute Gasteiger partial charge is 0.317 e. The minimum atomic E-state index is 0.131. The van der Waals surface area contributed by atoms with Crippen molar-refractivity contribution in [1.29, 1.82) is 0 Å². The van der Waals surface area contributed by atoms with E-state index in [-0.39, 0.29) is 6.03 Å². The van der Waals surface area contributed by atoms with Gasteiger partial charge in [0.1, 0.15) is 0 Å². The summed E-state index contributed by atoms with van der Waals surface area (Å²) in [4.78, 5) is 13.4. The Morgan fingerprint density at radius 1 is 1.46 bits per heavy atom. The molecular weight excluding hydrogens is 164 g/mol. The van der Waals surface area contributed by atoms with Crippen molar-refractivity contribution < 1.29 is 4.79 Å². The number of hydrogen-bond acceptors (Lipinski definition) is 1. The molecule has 1 saturated carbocycles. The number of carbonyl (C=O) groups excluding carboxylic acids is 1. The van der Waals surface area contributed by atoms with Gasteiger partial charge in [-0.2, -0.15) is 0 Å². The van der Waals surface area contributed by atoms with E-state index in [9.17, 15) is 4.79 Å². The van der Waals surface area contributed by atoms with Crippen molar-refractivity contribution in [3.05, 3.63) is 0 Å². The van der Waals surface area contributed by atoms with Crippen LogP contribution in [0.3, 0.4) is 0 Å². The number of amides is 2. The molecule has 3 nitrogen and oxygen atoms in total. The van der Waals surface area contributed by atoms with Crippen LogP contribution in [0.1, 0.15) is 33.1 Å². The average Bonchev–Trinajstić information content (AvgIpc) is 2.27. The molecule has 0 bridgehead atoms. The Bertz CT molecular complexity index is 211. The molecule has 0 aromatic carbocycles. The summed E-state index contributed by atoms with van der Waals surface area (Å²) >= 11 is 0. The Kier molecular flexibility index (Phi) is 2.18. The number of nitrogens with zero attached hydrogens (tertiary/aromatic N) is 1. The van der Waals surface area contributed by atoms with Crippen LogP contribution in [0.2, 0.25) is 0 Å². The van der Waals surface area contributed by atoms with Crippen molar-refractivity contribution in [1.82, 2.24) is 10.2 Å². The molecule has 1 heterocycles. The largest absolute Gasteiger partial charge is 0.333 e. The molecule has 0 radical (unpaired) electrons. The van der Waals surface area contributed by atoms with Crippen LogP contribution < -0.4 is 5.32 Å². The molecule has 1 N–H and O–H groups in total. The molecule has 2 rings (SSSR count). The highest BCUT2D eigenvalue weighted by Gasteiger charge is 2.37. The second kappa shape index (κ2) is 3.20. The van der Waals surface area contributed by atoms with E-state index in [0.717, 1.165) is 12.5 Å². The van der Waals surface area contributed by atoms with E-state index in [1.54, 1.807) is 0 Å². The van der Waals surface area contributed by atoms with Gasteiger partial charge in [-0.3, -0.25) is 0 Å². The van der Waals surface area contributed by atoms with Gasteiger partial charge in [0.2, 0.25) is 0 Å². The standard InChI is InChI=1S/C10H18N2O/c1-7(2)12-6-9(11-10(12)13)8-4-3-5-8/h7-9H,3-6H2,1-2H3,(H,11,13). The molecule has 1 unspecified atom stereocenters. The van der Waals surface area contributed by atoms with Crippen LogP contribution in [0, 0.1) is 5.92 Å². The molecule has 74 valence electrons. The van der Waals surface area contributed by atoms with Crippen molar-refractivity contribution in [2.24, 2.45) is 5.92 Å². The first-order valence-electron chi connectivity index (χ1n) is 5.25. The maximum absolute atomic E-state index is 11.5. The lowest BCUT2D eigenvalue weighted by molar-refractivity contribution is 0.203. The molecule has 2 aliphatic rings. The normalized spacial score (nSPS) is 29.3. The number of nitrogens with one attached hydrogen (secondary N) is 1. The lowest BCUT2D eigenvalue weighted by atomic mass is 9.80. The van der Waals surface area contributed by atoms with Crippen molar-refractivity contribution in [2.75, 3.05) is 6.54 Å². The van der Waals surface area contributed by atoms with Crippen molar-refractivity contribution in [2.45, 2.75) is 45.2 Å². The predicted octanol–water partition coefficient (Wildman–Crippen LogP) is 1.59. The Morgan fingerprint density at radius 2 is 2.15 bits per heavy atom. The summed E-state index contributed by atoms with van der Waals surface area (Å²) in [5, 5.41) is 3.07. The van der Waals surface area contributed by atoms with Gasteiger partial charge in [-0.15, -0.1) is 0 Å². The summed E-state index contributed by atoms with van der Waals surface area (Å²) in [7, 11) is 0. The van der Waals surface area contributed by atoms with Gasteiger partial charge in [-0.1, -0.05) is 6.42 Å². The van der Waals surface area contributed by atoms with Crippen LogP contribution in [-0.4, -0.2) is 29.6 Å². The first-order valence-corrected chi connectivity index (χ1v) is 5.25. The molecule has 1 saturated heterocycles. The van der Waals surface area contributed by atoms with E-state index in [1.165, 1.54) is 19.3 Å². The van der Waals surface area contributed by atoms with E-state index in [1.807, 2.05) is 4.90 Å². The maximum atomic E-state index is 11.5. The van der Waals surface area contributed by atoms with Gasteiger partial charge in [0.15, 0.2) is 0 Å². The fourth-order valence-electron chi connectivity index (χ4n) is 2.14. The molecule has 0 aromatic rings. The highest BCUT2D eigenvalue weighted by Crippen LogP contribution is 2.31. The Labute approximate surface area is 79.5 Å². The van der Waals surface area contributed by atoms with Gasteiger partial charge in [0.25, 0.3) is 0 Å². The lowest BCUT2D eigenvalue weighted by Crippen LogP contribution is -2.37. The van der Waals surface area contributed by atoms with E-state index in [4.69, 9.17) is 0 Å². The first kappa shape index (κ1) is 8.85. The minimum Gasteiger partial charge on any atom is -0.333 e. The summed E-state index contributed by atoms with van der Waals surface area (Å²) in [5.74, 6) is 0.757. The van der Waals surface area contributed by atoms with Gasteiger partial charge < -0.3 is 10.2 Å². The fraction of sp³-hybridized carbons (Fsp3) is 0.900. The summed E-state index contributed by atoms with van der Waals surface area (Å²) in [6, 6.07) is 0.903. The molecule has 13 heavy (non-hydrogen) atoms. The van der Waals surface area contributed by atoms with Crippen LogP contribution in [0.5, 0.6) is 0 Å². The third kappa shape index (κ3) is 1.52. The Morgan fingerprint density at radius 3 is 2.54 bits per heavy atom. The molecule has 1 aliphatic carbocycles. The third-order valence-electron chi connectivity index (χ3n) is 3.31. The zero-order valence-corrected chi connectivity index (χ0v) is 8.42. The highest BCUT2D eigenvalue weighted by molar-refractivity contribution is 5.77. The topological polar surface area (TPSA) is 32.3 Å². The van der Waals surface area contributed by atoms with Crippen LogP contribution in [-0.2, 0) is 0 Å². The van der Waals surface area contributed by atoms with Crippen LogP contribution in [0.25, 0.3) is 0 Å². The molecule has 0 spiro atoms. The zero-order valence-electron chi connectivity index (χ0n) is 8.42. The second-order valence-electron chi connectivity index (χ2n) is 4.49. The Balaban J connectivity index is 1.93. The number of urea groups is 1. The molecule has 1 aliphatic heterocycles.